The van der Waals surface area contributed by atoms with Crippen LogP contribution in [0.25, 0.3) is 0 Å². The Hall–Kier alpha value is -5.22. The molecule has 24 bridgehead atoms. The van der Waals surface area contributed by atoms with Gasteiger partial charge in [0.1, 0.15) is 33.6 Å². The third-order valence-corrected chi connectivity index (χ3v) is 33.0. The van der Waals surface area contributed by atoms with Crippen LogP contribution in [0.1, 0.15) is 276 Å². The normalized spacial score (nSPS) is 53.1. The molecular formula is C90H132O24. The van der Waals surface area contributed by atoms with E-state index in [2.05, 4.69) is 60.2 Å². The van der Waals surface area contributed by atoms with E-state index < -0.39 is 125 Å². The van der Waals surface area contributed by atoms with E-state index >= 15 is 0 Å². The van der Waals surface area contributed by atoms with E-state index in [1.54, 1.807) is 20.8 Å². The predicted molar refractivity (Wildman–Crippen MR) is 416 cm³/mol. The molecule has 0 spiro atoms. The van der Waals surface area contributed by atoms with Crippen molar-refractivity contribution >= 4 is 35.8 Å². The van der Waals surface area contributed by atoms with Gasteiger partial charge in [-0.15, -0.1) is 0 Å². The van der Waals surface area contributed by atoms with Crippen LogP contribution in [0.3, 0.4) is 0 Å². The van der Waals surface area contributed by atoms with Gasteiger partial charge in [-0.1, -0.05) is 102 Å². The molecule has 0 aromatic carbocycles. The van der Waals surface area contributed by atoms with Gasteiger partial charge in [0.2, 0.25) is 0 Å². The van der Waals surface area contributed by atoms with Crippen LogP contribution in [0.15, 0.2) is 74.4 Å². The molecule has 26 unspecified atom stereocenters. The van der Waals surface area contributed by atoms with Crippen LogP contribution in [0.2, 0.25) is 0 Å². The first kappa shape index (κ1) is 86.6. The molecule has 24 saturated carbocycles. The Labute approximate surface area is 671 Å². The van der Waals surface area contributed by atoms with E-state index in [0.717, 1.165) is 89.2 Å². The third kappa shape index (κ3) is 14.6. The Kier molecular flexibility index (Phi) is 20.4. The molecule has 636 valence electrons. The number of aliphatic hydroxyl groups is 12. The molecule has 24 aliphatic rings. The SMILES string of the molecule is C=C(C)C(=O)OC12CC3(C)CC(O)(CC(O)(C3)C1C)C2.C=C(C)C(=O)OC12CC3(O)CC(O)(CC(O)(C3)C1C)C2.C=C(C)C(=O)OC12CC3CC(C)(CC(O)(C3)C1C)C2.C=CC(=O)OC12CC3(O)CC(O)(CC(O)(C3)C1C)C2.C=CC(=O)OC12CC3CC(C)(CC(O)(C3)C1C)C2.C=CC(=O)OC12CC3CC(O)(CC(O)(C3)C1C)C2. The molecule has 0 radical (unpaired) electrons. The summed E-state index contributed by atoms with van der Waals surface area (Å²) in [6, 6.07) is 0. The van der Waals surface area contributed by atoms with Gasteiger partial charge in [-0.05, 0) is 158 Å². The third-order valence-electron chi connectivity index (χ3n) is 33.0. The highest BCUT2D eigenvalue weighted by Gasteiger charge is 2.77. The fourth-order valence-corrected chi connectivity index (χ4v) is 30.5. The molecule has 114 heavy (non-hydrogen) atoms. The summed E-state index contributed by atoms with van der Waals surface area (Å²) in [6.07, 6.45) is 21.2. The summed E-state index contributed by atoms with van der Waals surface area (Å²) < 4.78 is 34.0. The van der Waals surface area contributed by atoms with E-state index in [0.29, 0.717) is 74.3 Å². The summed E-state index contributed by atoms with van der Waals surface area (Å²) in [7, 11) is 0. The van der Waals surface area contributed by atoms with Gasteiger partial charge in [0.15, 0.2) is 0 Å². The summed E-state index contributed by atoms with van der Waals surface area (Å²) >= 11 is 0. The zero-order chi connectivity index (χ0) is 84.5. The van der Waals surface area contributed by atoms with E-state index in [9.17, 15) is 90.0 Å². The van der Waals surface area contributed by atoms with Gasteiger partial charge in [0, 0.05) is 160 Å². The first-order chi connectivity index (χ1) is 52.0. The standard InChI is InChI=1S/C16H24O4.C16H24O3.C15H22O5.C15H22O3.C14H20O5.C14H20O4/c1-10(2)12(17)20-16-7-13(4)5-14(18,9-16)8-15(19,6-13)11(16)3;1-10(2)13(17)19-16-7-12-5-14(4,9-16)8-15(18,6-12)11(16)3;1-9(2)11(16)20-15-7-12(17)4-13(18,8-15)6-14(19,5-12)10(15)3;1-4-12(16)18-15-7-11-5-13(3,9-15)8-14(17,6-11)10(15)2;1-3-10(15)19-14-7-11(16)4-12(17,8-14)6-13(18,5-11)9(14)2;1-3-11(15)18-14-6-10-4-12(16,8-14)7-13(17,5-10)9(14)2/h11,18-19H,1,5-9H2,2-4H3;11-12,18H,1,5-9H2,2-4H3;10,17-19H,1,4-8H2,2-3H3;4,10-11,17H,1,5-9H2,2-3H3;3,9,16-18H,1,4-8H2,2H3;3,9-10,16-17H,1,4-8H2,2H3. The first-order valence-corrected chi connectivity index (χ1v) is 41.9. The van der Waals surface area contributed by atoms with Crippen LogP contribution in [0.4, 0.5) is 0 Å². The van der Waals surface area contributed by atoms with Crippen LogP contribution < -0.4 is 0 Å². The molecule has 0 aliphatic heterocycles. The Morgan fingerprint density at radius 2 is 0.491 bits per heavy atom. The highest BCUT2D eigenvalue weighted by atomic mass is 16.6. The van der Waals surface area contributed by atoms with Crippen molar-refractivity contribution < 1.29 is 118 Å². The van der Waals surface area contributed by atoms with Crippen molar-refractivity contribution in [1.82, 2.24) is 0 Å². The minimum absolute atomic E-state index is 0.0212. The van der Waals surface area contributed by atoms with Gasteiger partial charge in [0.25, 0.3) is 0 Å². The summed E-state index contributed by atoms with van der Waals surface area (Å²) in [5.74, 6) is -2.30. The van der Waals surface area contributed by atoms with E-state index in [4.69, 9.17) is 28.4 Å². The van der Waals surface area contributed by atoms with Crippen molar-refractivity contribution in [2.45, 2.75) is 377 Å². The molecular weight excluding hydrogens is 1460 g/mol. The Morgan fingerprint density at radius 1 is 0.263 bits per heavy atom. The molecule has 0 amide bonds. The zero-order valence-corrected chi connectivity index (χ0v) is 69.6. The lowest BCUT2D eigenvalue weighted by Gasteiger charge is -2.68. The fourth-order valence-electron chi connectivity index (χ4n) is 30.5. The lowest BCUT2D eigenvalue weighted by Crippen LogP contribution is -2.76. The number of hydrogen-bond acceptors (Lipinski definition) is 24. The fraction of sp³-hybridized carbons (Fsp3) is 0.800. The Bertz CT molecular complexity index is 3820. The highest BCUT2D eigenvalue weighted by molar-refractivity contribution is 5.88. The second kappa shape index (κ2) is 26.9. The van der Waals surface area contributed by atoms with Crippen molar-refractivity contribution in [2.75, 3.05) is 0 Å². The summed E-state index contributed by atoms with van der Waals surface area (Å²) in [4.78, 5) is 70.6. The molecule has 24 fully saturated rings. The number of rotatable bonds is 12. The number of carbonyl (C=O) groups is 6. The molecule has 0 aromatic rings. The van der Waals surface area contributed by atoms with Crippen LogP contribution in [-0.4, -0.2) is 198 Å². The lowest BCUT2D eigenvalue weighted by atomic mass is 9.42. The topological polar surface area (TPSA) is 401 Å². The second-order valence-electron chi connectivity index (χ2n) is 43.7. The average molecular weight is 1600 g/mol. The van der Waals surface area contributed by atoms with Gasteiger partial charge in [0.05, 0.1) is 67.2 Å². The monoisotopic (exact) mass is 1600 g/mol. The minimum atomic E-state index is -1.19. The van der Waals surface area contributed by atoms with Crippen molar-refractivity contribution in [2.24, 2.45) is 69.5 Å². The molecule has 0 heterocycles. The minimum Gasteiger partial charge on any atom is -0.455 e. The molecule has 24 nitrogen and oxygen atoms in total. The summed E-state index contributed by atoms with van der Waals surface area (Å²) in [6.45, 7) is 44.2. The lowest BCUT2D eigenvalue weighted by molar-refractivity contribution is -0.326. The molecule has 12 N–H and O–H groups in total. The number of ether oxygens (including phenoxy) is 6. The molecule has 24 aliphatic carbocycles. The van der Waals surface area contributed by atoms with Crippen molar-refractivity contribution in [3.8, 4) is 0 Å². The highest BCUT2D eigenvalue weighted by Crippen LogP contribution is 2.72. The van der Waals surface area contributed by atoms with Gasteiger partial charge in [-0.3, -0.25) is 0 Å². The molecule has 0 aromatic heterocycles. The average Bonchev–Trinajstić information content (AvgIpc) is 0.659. The summed E-state index contributed by atoms with van der Waals surface area (Å²) in [5.41, 5.74) is -15.2. The summed E-state index contributed by atoms with van der Waals surface area (Å²) in [5, 5.41) is 129. The van der Waals surface area contributed by atoms with Gasteiger partial charge < -0.3 is 89.7 Å². The van der Waals surface area contributed by atoms with Crippen molar-refractivity contribution in [3.05, 3.63) is 74.4 Å². The number of hydrogen-bond donors (Lipinski definition) is 12. The van der Waals surface area contributed by atoms with Crippen LogP contribution in [-0.2, 0) is 57.2 Å². The number of esters is 6. The quantitative estimate of drug-likeness (QED) is 0.0491. The zero-order valence-electron chi connectivity index (χ0n) is 69.6. The second-order valence-corrected chi connectivity index (χ2v) is 43.7. The Morgan fingerprint density at radius 3 is 0.807 bits per heavy atom. The van der Waals surface area contributed by atoms with E-state index in [1.165, 1.54) is 6.08 Å². The molecule has 24 rings (SSSR count). The molecule has 26 atom stereocenters. The van der Waals surface area contributed by atoms with E-state index in [1.807, 2.05) is 41.5 Å². The van der Waals surface area contributed by atoms with Gasteiger partial charge in [-0.25, -0.2) is 28.8 Å². The maximum Gasteiger partial charge on any atom is 0.333 e. The maximum absolute atomic E-state index is 12.0. The molecule has 24 heteroatoms. The van der Waals surface area contributed by atoms with E-state index in [-0.39, 0.29) is 139 Å². The first-order valence-electron chi connectivity index (χ1n) is 41.9. The Balaban J connectivity index is 0.000000119. The largest absolute Gasteiger partial charge is 0.455 e. The van der Waals surface area contributed by atoms with Crippen molar-refractivity contribution in [3.63, 3.8) is 0 Å². The maximum atomic E-state index is 12.0. The van der Waals surface area contributed by atoms with Crippen LogP contribution >= 0.6 is 0 Å². The smallest absolute Gasteiger partial charge is 0.333 e. The van der Waals surface area contributed by atoms with Gasteiger partial charge in [-0.2, -0.15) is 0 Å². The van der Waals surface area contributed by atoms with Gasteiger partial charge >= 0.3 is 35.8 Å². The number of carbonyl (C=O) groups excluding carboxylic acids is 6. The molecule has 0 saturated heterocycles. The van der Waals surface area contributed by atoms with Crippen LogP contribution in [0.5, 0.6) is 0 Å². The predicted octanol–water partition coefficient (Wildman–Crippen LogP) is 9.30. The van der Waals surface area contributed by atoms with Crippen LogP contribution in [0, 0.1) is 69.5 Å². The van der Waals surface area contributed by atoms with Crippen molar-refractivity contribution in [1.29, 1.82) is 0 Å².